The highest BCUT2D eigenvalue weighted by atomic mass is 16.1. The fourth-order valence-corrected chi connectivity index (χ4v) is 4.49. The Morgan fingerprint density at radius 3 is 2.75 bits per heavy atom. The summed E-state index contributed by atoms with van der Waals surface area (Å²) in [6.45, 7) is 8.59. The van der Waals surface area contributed by atoms with Crippen molar-refractivity contribution in [2.45, 2.75) is 38.1 Å². The van der Waals surface area contributed by atoms with Gasteiger partial charge >= 0.3 is 0 Å². The molecule has 0 radical (unpaired) electrons. The molecule has 28 heavy (non-hydrogen) atoms. The topological polar surface area (TPSA) is 41.1 Å². The van der Waals surface area contributed by atoms with Gasteiger partial charge in [-0.2, -0.15) is 0 Å². The van der Waals surface area contributed by atoms with E-state index >= 15 is 0 Å². The molecule has 0 fully saturated rings. The van der Waals surface area contributed by atoms with Gasteiger partial charge in [-0.15, -0.1) is 6.58 Å². The molecule has 0 aromatic heterocycles. The molecule has 3 unspecified atom stereocenters. The predicted octanol–water partition coefficient (Wildman–Crippen LogP) is 5.55. The maximum atomic E-state index is 12.7. The molecule has 2 aromatic carbocycles. The van der Waals surface area contributed by atoms with Crippen LogP contribution in [0.4, 0.5) is 5.69 Å². The largest absolute Gasteiger partial charge is 0.377 e. The van der Waals surface area contributed by atoms with E-state index in [9.17, 15) is 4.79 Å². The summed E-state index contributed by atoms with van der Waals surface area (Å²) >= 11 is 0. The predicted molar refractivity (Wildman–Crippen MR) is 116 cm³/mol. The van der Waals surface area contributed by atoms with E-state index in [1.807, 2.05) is 12.1 Å². The number of rotatable bonds is 5. The van der Waals surface area contributed by atoms with E-state index < -0.39 is 0 Å². The first-order chi connectivity index (χ1) is 13.6. The highest BCUT2D eigenvalue weighted by molar-refractivity contribution is 6.00. The Morgan fingerprint density at radius 2 is 2.04 bits per heavy atom. The van der Waals surface area contributed by atoms with E-state index in [-0.39, 0.29) is 11.9 Å². The SMILES string of the molecule is C=CCNC(=O)c1cccc2c1NC(c1ccc(C(C)C)cc1)C1CC=CC21. The molecule has 0 spiro atoms. The number of hydrogen-bond donors (Lipinski definition) is 2. The van der Waals surface area contributed by atoms with E-state index in [4.69, 9.17) is 0 Å². The number of carbonyl (C=O) groups is 1. The zero-order valence-electron chi connectivity index (χ0n) is 16.6. The van der Waals surface area contributed by atoms with Gasteiger partial charge in [-0.1, -0.05) is 68.5 Å². The van der Waals surface area contributed by atoms with E-state index in [1.54, 1.807) is 6.08 Å². The smallest absolute Gasteiger partial charge is 0.253 e. The van der Waals surface area contributed by atoms with E-state index in [0.29, 0.717) is 29.9 Å². The Balaban J connectivity index is 1.72. The number of fused-ring (bicyclic) bond motifs is 3. The second kappa shape index (κ2) is 7.67. The van der Waals surface area contributed by atoms with Gasteiger partial charge in [0.25, 0.3) is 5.91 Å². The molecule has 1 aliphatic heterocycles. The zero-order valence-corrected chi connectivity index (χ0v) is 16.6. The lowest BCUT2D eigenvalue weighted by Gasteiger charge is -2.38. The summed E-state index contributed by atoms with van der Waals surface area (Å²) in [5, 5.41) is 6.65. The molecule has 2 N–H and O–H groups in total. The van der Waals surface area contributed by atoms with Crippen LogP contribution < -0.4 is 10.6 Å². The van der Waals surface area contributed by atoms with Gasteiger partial charge in [-0.25, -0.2) is 0 Å². The van der Waals surface area contributed by atoms with Gasteiger partial charge in [-0.05, 0) is 41.0 Å². The van der Waals surface area contributed by atoms with Crippen LogP contribution in [0.3, 0.4) is 0 Å². The van der Waals surface area contributed by atoms with Crippen LogP contribution in [0.1, 0.15) is 65.2 Å². The normalized spacial score (nSPS) is 22.3. The third kappa shape index (κ3) is 3.26. The number of carbonyl (C=O) groups excluding carboxylic acids is 1. The number of benzene rings is 2. The fraction of sp³-hybridized carbons (Fsp3) is 0.320. The molecule has 4 rings (SSSR count). The quantitative estimate of drug-likeness (QED) is 0.675. The van der Waals surface area contributed by atoms with Crippen LogP contribution in [0.2, 0.25) is 0 Å². The first-order valence-corrected chi connectivity index (χ1v) is 10.1. The Morgan fingerprint density at radius 1 is 1.25 bits per heavy atom. The van der Waals surface area contributed by atoms with Gasteiger partial charge in [-0.3, -0.25) is 4.79 Å². The highest BCUT2D eigenvalue weighted by Gasteiger charge is 2.39. The first-order valence-electron chi connectivity index (χ1n) is 10.1. The number of anilines is 1. The molecule has 1 aliphatic carbocycles. The van der Waals surface area contributed by atoms with Crippen molar-refractivity contribution < 1.29 is 4.79 Å². The Kier molecular flexibility index (Phi) is 5.08. The molecule has 144 valence electrons. The van der Waals surface area contributed by atoms with Gasteiger partial charge in [0.2, 0.25) is 0 Å². The summed E-state index contributed by atoms with van der Waals surface area (Å²) in [5.74, 6) is 1.29. The molecule has 1 heterocycles. The molecule has 2 aliphatic rings. The summed E-state index contributed by atoms with van der Waals surface area (Å²) < 4.78 is 0. The number of amides is 1. The molecule has 0 bridgehead atoms. The van der Waals surface area contributed by atoms with Gasteiger partial charge in [0.05, 0.1) is 17.3 Å². The molecule has 0 saturated carbocycles. The van der Waals surface area contributed by atoms with Crippen LogP contribution in [0.5, 0.6) is 0 Å². The van der Waals surface area contributed by atoms with Gasteiger partial charge in [0.1, 0.15) is 0 Å². The molecular weight excluding hydrogens is 344 g/mol. The summed E-state index contributed by atoms with van der Waals surface area (Å²) in [5.41, 5.74) is 5.54. The number of hydrogen-bond acceptors (Lipinski definition) is 2. The molecule has 3 heteroatoms. The molecule has 2 aromatic rings. The van der Waals surface area contributed by atoms with Crippen molar-refractivity contribution in [3.63, 3.8) is 0 Å². The maximum absolute atomic E-state index is 12.7. The van der Waals surface area contributed by atoms with Crippen LogP contribution in [-0.4, -0.2) is 12.5 Å². The monoisotopic (exact) mass is 372 g/mol. The molecule has 3 atom stereocenters. The van der Waals surface area contributed by atoms with Gasteiger partial charge in [0, 0.05) is 12.5 Å². The molecular formula is C25H28N2O. The van der Waals surface area contributed by atoms with Crippen molar-refractivity contribution in [1.82, 2.24) is 5.32 Å². The van der Waals surface area contributed by atoms with Crippen LogP contribution in [0.25, 0.3) is 0 Å². The first kappa shape index (κ1) is 18.5. The summed E-state index contributed by atoms with van der Waals surface area (Å²) in [6.07, 6.45) is 7.35. The van der Waals surface area contributed by atoms with E-state index in [1.165, 1.54) is 16.7 Å². The van der Waals surface area contributed by atoms with Crippen LogP contribution >= 0.6 is 0 Å². The molecule has 0 saturated heterocycles. The minimum Gasteiger partial charge on any atom is -0.377 e. The second-order valence-electron chi connectivity index (χ2n) is 8.07. The van der Waals surface area contributed by atoms with E-state index in [0.717, 1.165) is 12.1 Å². The Labute approximate surface area is 167 Å². The number of allylic oxidation sites excluding steroid dienone is 2. The standard InChI is InChI=1S/C25H28N2O/c1-4-15-26-25(28)22-10-6-9-21-19-7-5-8-20(19)23(27-24(21)22)18-13-11-17(12-14-18)16(2)3/h4-7,9-14,16,19-20,23,27H,1,8,15H2,2-3H3,(H,26,28). The highest BCUT2D eigenvalue weighted by Crippen LogP contribution is 2.50. The molecule has 1 amide bonds. The Bertz CT molecular complexity index is 911. The van der Waals surface area contributed by atoms with Gasteiger partial charge < -0.3 is 10.6 Å². The Hall–Kier alpha value is -2.81. The molecule has 3 nitrogen and oxygen atoms in total. The average molecular weight is 373 g/mol. The van der Waals surface area contributed by atoms with Crippen molar-refractivity contribution in [1.29, 1.82) is 0 Å². The van der Waals surface area contributed by atoms with E-state index in [2.05, 4.69) is 73.5 Å². The van der Waals surface area contributed by atoms with Gasteiger partial charge in [0.15, 0.2) is 0 Å². The lowest BCUT2D eigenvalue weighted by molar-refractivity contribution is 0.0958. The second-order valence-corrected chi connectivity index (χ2v) is 8.07. The third-order valence-electron chi connectivity index (χ3n) is 6.01. The minimum atomic E-state index is -0.0569. The lowest BCUT2D eigenvalue weighted by Crippen LogP contribution is -2.32. The van der Waals surface area contributed by atoms with Crippen molar-refractivity contribution >= 4 is 11.6 Å². The lowest BCUT2D eigenvalue weighted by atomic mass is 9.76. The van der Waals surface area contributed by atoms with Crippen LogP contribution in [0, 0.1) is 5.92 Å². The van der Waals surface area contributed by atoms with Crippen molar-refractivity contribution in [3.8, 4) is 0 Å². The third-order valence-corrected chi connectivity index (χ3v) is 6.01. The minimum absolute atomic E-state index is 0.0569. The zero-order chi connectivity index (χ0) is 19.7. The summed E-state index contributed by atoms with van der Waals surface area (Å²) in [4.78, 5) is 12.7. The number of nitrogens with one attached hydrogen (secondary N) is 2. The van der Waals surface area contributed by atoms with Crippen molar-refractivity contribution in [2.24, 2.45) is 5.92 Å². The van der Waals surface area contributed by atoms with Crippen LogP contribution in [-0.2, 0) is 0 Å². The average Bonchev–Trinajstić information content (AvgIpc) is 3.21. The summed E-state index contributed by atoms with van der Waals surface area (Å²) in [7, 11) is 0. The summed E-state index contributed by atoms with van der Waals surface area (Å²) in [6, 6.07) is 15.2. The maximum Gasteiger partial charge on any atom is 0.253 e. The number of para-hydroxylation sites is 1. The fourth-order valence-electron chi connectivity index (χ4n) is 4.49. The van der Waals surface area contributed by atoms with Crippen molar-refractivity contribution in [3.05, 3.63) is 89.5 Å². The van der Waals surface area contributed by atoms with Crippen molar-refractivity contribution in [2.75, 3.05) is 11.9 Å². The van der Waals surface area contributed by atoms with Crippen LogP contribution in [0.15, 0.2) is 67.3 Å².